The van der Waals surface area contributed by atoms with Crippen molar-refractivity contribution in [3.63, 3.8) is 0 Å². The van der Waals surface area contributed by atoms with Crippen LogP contribution in [-0.2, 0) is 11.2 Å². The Morgan fingerprint density at radius 2 is 2.19 bits per heavy atom. The lowest BCUT2D eigenvalue weighted by atomic mass is 10.2. The Hall–Kier alpha value is -2.50. The molecular formula is C15H15ClN8OS2. The molecule has 0 saturated carbocycles. The Balaban J connectivity index is 1.44. The number of H-pyrrole nitrogens is 1. The van der Waals surface area contributed by atoms with Crippen LogP contribution in [0.1, 0.15) is 17.5 Å². The van der Waals surface area contributed by atoms with Gasteiger partial charge in [0.1, 0.15) is 5.01 Å². The number of carbonyl (C=O) groups is 1. The number of halogens is 1. The van der Waals surface area contributed by atoms with Crippen LogP contribution in [0.2, 0.25) is 5.02 Å². The molecule has 1 aromatic carbocycles. The largest absolute Gasteiger partial charge is 0.300 e. The zero-order valence-corrected chi connectivity index (χ0v) is 16.5. The van der Waals surface area contributed by atoms with Gasteiger partial charge in [-0.3, -0.25) is 10.1 Å². The number of hydrogen-bond donors (Lipinski definition) is 3. The Morgan fingerprint density at radius 1 is 1.37 bits per heavy atom. The summed E-state index contributed by atoms with van der Waals surface area (Å²) in [6, 6.07) is 7.24. The van der Waals surface area contributed by atoms with E-state index >= 15 is 0 Å². The monoisotopic (exact) mass is 422 g/mol. The first-order valence-electron chi connectivity index (χ1n) is 7.84. The molecule has 0 aliphatic heterocycles. The number of aryl methyl sites for hydroxylation is 1. The van der Waals surface area contributed by atoms with E-state index in [1.54, 1.807) is 18.3 Å². The highest BCUT2D eigenvalue weighted by Crippen LogP contribution is 2.18. The predicted molar refractivity (Wildman–Crippen MR) is 108 cm³/mol. The van der Waals surface area contributed by atoms with E-state index in [0.717, 1.165) is 17.0 Å². The summed E-state index contributed by atoms with van der Waals surface area (Å²) in [6.07, 6.45) is 2.42. The molecule has 0 saturated heterocycles. The van der Waals surface area contributed by atoms with E-state index in [0.29, 0.717) is 21.3 Å². The number of hydrazone groups is 1. The third kappa shape index (κ3) is 6.01. The molecule has 3 rings (SSSR count). The number of rotatable bonds is 8. The van der Waals surface area contributed by atoms with Crippen molar-refractivity contribution in [2.45, 2.75) is 18.5 Å². The normalized spacial score (nSPS) is 11.0. The first kappa shape index (κ1) is 19.3. The van der Waals surface area contributed by atoms with E-state index in [1.165, 1.54) is 23.1 Å². The summed E-state index contributed by atoms with van der Waals surface area (Å²) >= 11 is 8.39. The van der Waals surface area contributed by atoms with Gasteiger partial charge < -0.3 is 0 Å². The topological polar surface area (TPSA) is 121 Å². The molecule has 27 heavy (non-hydrogen) atoms. The number of aromatic amines is 1. The molecular weight excluding hydrogens is 408 g/mol. The molecule has 9 nitrogen and oxygen atoms in total. The Morgan fingerprint density at radius 3 is 2.93 bits per heavy atom. The SMILES string of the molecule is CCc1nnc(NC(=O)CSc2n[nH]c(N/N=C\c3ccc(Cl)cc3)n2)s1. The Bertz CT molecular complexity index is 924. The van der Waals surface area contributed by atoms with Crippen molar-refractivity contribution in [3.05, 3.63) is 39.9 Å². The van der Waals surface area contributed by atoms with Gasteiger partial charge in [-0.15, -0.1) is 15.3 Å². The molecule has 0 bridgehead atoms. The van der Waals surface area contributed by atoms with Gasteiger partial charge in [0.15, 0.2) is 0 Å². The van der Waals surface area contributed by atoms with Gasteiger partial charge in [-0.05, 0) is 24.1 Å². The summed E-state index contributed by atoms with van der Waals surface area (Å²) in [7, 11) is 0. The molecule has 0 spiro atoms. The van der Waals surface area contributed by atoms with Crippen molar-refractivity contribution >= 4 is 57.9 Å². The average molecular weight is 423 g/mol. The number of anilines is 2. The lowest BCUT2D eigenvalue weighted by Gasteiger charge is -1.98. The van der Waals surface area contributed by atoms with Gasteiger partial charge in [-0.25, -0.2) is 10.5 Å². The average Bonchev–Trinajstić information content (AvgIpc) is 3.31. The second-order valence-electron chi connectivity index (χ2n) is 5.08. The molecule has 2 aromatic heterocycles. The van der Waals surface area contributed by atoms with Gasteiger partial charge in [0.25, 0.3) is 0 Å². The minimum atomic E-state index is -0.195. The maximum Gasteiger partial charge on any atom is 0.240 e. The summed E-state index contributed by atoms with van der Waals surface area (Å²) in [6.45, 7) is 1.98. The molecule has 0 aliphatic carbocycles. The van der Waals surface area contributed by atoms with Crippen LogP contribution in [0.5, 0.6) is 0 Å². The molecule has 0 atom stereocenters. The molecule has 3 N–H and O–H groups in total. The zero-order valence-electron chi connectivity index (χ0n) is 14.1. The summed E-state index contributed by atoms with van der Waals surface area (Å²) < 4.78 is 0. The number of benzene rings is 1. The quantitative estimate of drug-likeness (QED) is 0.290. The number of nitrogens with one attached hydrogen (secondary N) is 3. The van der Waals surface area contributed by atoms with E-state index in [2.05, 4.69) is 41.2 Å². The maximum atomic E-state index is 11.9. The zero-order chi connectivity index (χ0) is 19.1. The molecule has 3 aromatic rings. The lowest BCUT2D eigenvalue weighted by Crippen LogP contribution is -2.13. The van der Waals surface area contributed by atoms with E-state index in [4.69, 9.17) is 11.6 Å². The van der Waals surface area contributed by atoms with E-state index in [1.807, 2.05) is 19.1 Å². The van der Waals surface area contributed by atoms with Crippen LogP contribution in [0, 0.1) is 0 Å². The molecule has 0 fully saturated rings. The van der Waals surface area contributed by atoms with Crippen LogP contribution < -0.4 is 10.7 Å². The summed E-state index contributed by atoms with van der Waals surface area (Å²) in [5.41, 5.74) is 3.63. The fraction of sp³-hybridized carbons (Fsp3) is 0.200. The molecule has 12 heteroatoms. The van der Waals surface area contributed by atoms with Crippen LogP contribution in [0.3, 0.4) is 0 Å². The van der Waals surface area contributed by atoms with E-state index < -0.39 is 0 Å². The van der Waals surface area contributed by atoms with Gasteiger partial charge in [0.2, 0.25) is 22.1 Å². The highest BCUT2D eigenvalue weighted by atomic mass is 35.5. The number of amides is 1. The lowest BCUT2D eigenvalue weighted by molar-refractivity contribution is -0.113. The fourth-order valence-electron chi connectivity index (χ4n) is 1.81. The maximum absolute atomic E-state index is 11.9. The standard InChI is InChI=1S/C15H15ClN8OS2/c1-2-12-20-24-15(27-12)18-11(25)8-26-14-19-13(22-23-14)21-17-7-9-3-5-10(16)6-4-9/h3-7H,2,8H2,1H3,(H,18,24,25)(H2,19,21,22,23)/b17-7-. The minimum Gasteiger partial charge on any atom is -0.300 e. The summed E-state index contributed by atoms with van der Waals surface area (Å²) in [4.78, 5) is 16.1. The third-order valence-corrected chi connectivity index (χ3v) is 5.15. The van der Waals surface area contributed by atoms with Crippen molar-refractivity contribution in [3.8, 4) is 0 Å². The van der Waals surface area contributed by atoms with Crippen molar-refractivity contribution < 1.29 is 4.79 Å². The number of nitrogens with zero attached hydrogens (tertiary/aromatic N) is 5. The molecule has 0 radical (unpaired) electrons. The number of thioether (sulfide) groups is 1. The molecule has 1 amide bonds. The molecule has 0 aliphatic rings. The second-order valence-corrected chi connectivity index (χ2v) is 7.52. The number of carbonyl (C=O) groups excluding carboxylic acids is 1. The van der Waals surface area contributed by atoms with Gasteiger partial charge in [-0.1, -0.05) is 53.8 Å². The fourth-order valence-corrected chi connectivity index (χ4v) is 3.23. The van der Waals surface area contributed by atoms with Gasteiger partial charge in [0, 0.05) is 5.02 Å². The van der Waals surface area contributed by atoms with Crippen molar-refractivity contribution in [2.75, 3.05) is 16.5 Å². The van der Waals surface area contributed by atoms with Crippen LogP contribution >= 0.6 is 34.7 Å². The Labute approximate surface area is 168 Å². The molecule has 2 heterocycles. The highest BCUT2D eigenvalue weighted by molar-refractivity contribution is 7.99. The smallest absolute Gasteiger partial charge is 0.240 e. The third-order valence-electron chi connectivity index (χ3n) is 3.07. The first-order chi connectivity index (χ1) is 13.1. The summed E-state index contributed by atoms with van der Waals surface area (Å²) in [5.74, 6) is 0.338. The summed E-state index contributed by atoms with van der Waals surface area (Å²) in [5, 5.41) is 23.8. The minimum absolute atomic E-state index is 0.159. The van der Waals surface area contributed by atoms with Gasteiger partial charge in [-0.2, -0.15) is 10.1 Å². The van der Waals surface area contributed by atoms with Crippen molar-refractivity contribution in [1.29, 1.82) is 0 Å². The van der Waals surface area contributed by atoms with E-state index in [9.17, 15) is 4.79 Å². The number of hydrogen-bond acceptors (Lipinski definition) is 9. The van der Waals surface area contributed by atoms with Crippen molar-refractivity contribution in [2.24, 2.45) is 5.10 Å². The van der Waals surface area contributed by atoms with Gasteiger partial charge in [0.05, 0.1) is 12.0 Å². The van der Waals surface area contributed by atoms with E-state index in [-0.39, 0.29) is 11.7 Å². The Kier molecular flexibility index (Phi) is 6.74. The number of aromatic nitrogens is 5. The second kappa shape index (κ2) is 9.44. The van der Waals surface area contributed by atoms with Crippen LogP contribution in [0.15, 0.2) is 34.5 Å². The predicted octanol–water partition coefficient (Wildman–Crippen LogP) is 3.05. The first-order valence-corrected chi connectivity index (χ1v) is 10.0. The molecule has 140 valence electrons. The van der Waals surface area contributed by atoms with Crippen LogP contribution in [0.25, 0.3) is 0 Å². The highest BCUT2D eigenvalue weighted by Gasteiger charge is 2.10. The van der Waals surface area contributed by atoms with Crippen LogP contribution in [-0.4, -0.2) is 43.3 Å². The van der Waals surface area contributed by atoms with Crippen LogP contribution in [0.4, 0.5) is 11.1 Å². The van der Waals surface area contributed by atoms with Gasteiger partial charge >= 0.3 is 0 Å². The van der Waals surface area contributed by atoms with Crippen molar-refractivity contribution in [1.82, 2.24) is 25.4 Å². The molecule has 0 unspecified atom stereocenters.